The molecule has 0 amide bonds. The minimum atomic E-state index is -4.69. The number of hydrogen-bond acceptors (Lipinski definition) is 4. The van der Waals surface area contributed by atoms with Crippen LogP contribution in [-0.4, -0.2) is 69.0 Å². The molecule has 0 aromatic heterocycles. The standard InChI is InChI=1S/4C5H6F3O2.Zr/c4*1-2-3(4(9)10)5(6,7)8;/h4*2H2,1H3,(H,9,10);/q4*-1;+4. The second kappa shape index (κ2) is 20.3. The van der Waals surface area contributed by atoms with Gasteiger partial charge in [0.25, 0.3) is 24.7 Å². The molecule has 0 aliphatic rings. The van der Waals surface area contributed by atoms with Gasteiger partial charge in [-0.15, -0.1) is 0 Å². The van der Waals surface area contributed by atoms with Gasteiger partial charge in [-0.1, -0.05) is 27.7 Å². The third kappa shape index (κ3) is 22.7. The molecule has 0 bridgehead atoms. The molecule has 0 aliphatic carbocycles. The van der Waals surface area contributed by atoms with Gasteiger partial charge in [0.15, 0.2) is 23.9 Å². The van der Waals surface area contributed by atoms with E-state index in [4.69, 9.17) is 20.4 Å². The van der Waals surface area contributed by atoms with Gasteiger partial charge in [0.1, 0.15) is 0 Å². The molecule has 0 aromatic rings. The number of aliphatic carboxylic acids is 4. The summed E-state index contributed by atoms with van der Waals surface area (Å²) in [5.74, 6) is -13.2. The predicted octanol–water partition coefficient (Wildman–Crippen LogP) is 6.47. The summed E-state index contributed by atoms with van der Waals surface area (Å²) in [6, 6.07) is 0. The van der Waals surface area contributed by atoms with Crippen molar-refractivity contribution in [3.8, 4) is 0 Å². The van der Waals surface area contributed by atoms with Crippen molar-refractivity contribution in [3.05, 3.63) is 23.7 Å². The Morgan fingerprint density at radius 2 is 0.512 bits per heavy atom. The van der Waals surface area contributed by atoms with Crippen molar-refractivity contribution in [2.24, 2.45) is 0 Å². The van der Waals surface area contributed by atoms with Crippen molar-refractivity contribution < 1.29 is 118 Å². The first kappa shape index (κ1) is 48.2. The second-order valence-electron chi connectivity index (χ2n) is 6.54. The van der Waals surface area contributed by atoms with Gasteiger partial charge in [0.2, 0.25) is 0 Å². The average molecular weight is 712 g/mol. The van der Waals surface area contributed by atoms with Crippen LogP contribution in [0.3, 0.4) is 0 Å². The Kier molecular flexibility index (Phi) is 23.9. The van der Waals surface area contributed by atoms with E-state index < -0.39 is 97.9 Å². The van der Waals surface area contributed by atoms with Gasteiger partial charge in [-0.25, -0.2) is 52.7 Å². The zero-order chi connectivity index (χ0) is 33.4. The summed E-state index contributed by atoms with van der Waals surface area (Å²) in [5.41, 5.74) is 0. The second-order valence-corrected chi connectivity index (χ2v) is 6.54. The van der Waals surface area contributed by atoms with Crippen molar-refractivity contribution in [1.82, 2.24) is 0 Å². The fourth-order valence-corrected chi connectivity index (χ4v) is 1.89. The van der Waals surface area contributed by atoms with Crippen LogP contribution in [0.5, 0.6) is 0 Å². The largest absolute Gasteiger partial charge is 4.00 e. The summed E-state index contributed by atoms with van der Waals surface area (Å²) in [6.45, 7) is 4.60. The van der Waals surface area contributed by atoms with Crippen molar-refractivity contribution in [1.29, 1.82) is 0 Å². The van der Waals surface area contributed by atoms with Gasteiger partial charge < -0.3 is 20.4 Å². The minimum absolute atomic E-state index is 0. The first-order valence-corrected chi connectivity index (χ1v) is 10.2. The molecule has 8 nitrogen and oxygen atoms in total. The number of carbonyl (C=O) groups is 4. The molecule has 0 spiro atoms. The van der Waals surface area contributed by atoms with E-state index in [0.29, 0.717) is 0 Å². The van der Waals surface area contributed by atoms with Gasteiger partial charge in [-0.05, 0) is 0 Å². The van der Waals surface area contributed by atoms with Crippen LogP contribution >= 0.6 is 0 Å². The van der Waals surface area contributed by atoms with Crippen molar-refractivity contribution in [2.75, 3.05) is 0 Å². The number of halogens is 12. The Hall–Kier alpha value is -2.60. The molecule has 0 aromatic carbocycles. The van der Waals surface area contributed by atoms with Gasteiger partial charge in [-0.3, -0.25) is 19.2 Å². The number of rotatable bonds is 8. The number of carboxylic acid groups (broad SMARTS) is 4. The van der Waals surface area contributed by atoms with Crippen molar-refractivity contribution >= 4 is 23.9 Å². The smallest absolute Gasteiger partial charge is 0.503 e. The van der Waals surface area contributed by atoms with E-state index in [0.717, 1.165) is 27.7 Å². The maximum atomic E-state index is 11.6. The van der Waals surface area contributed by atoms with E-state index >= 15 is 0 Å². The van der Waals surface area contributed by atoms with E-state index in [1.807, 2.05) is 0 Å². The Bertz CT molecular complexity index is 652. The van der Waals surface area contributed by atoms with Crippen LogP contribution < -0.4 is 0 Å². The van der Waals surface area contributed by atoms with Crippen molar-refractivity contribution in [2.45, 2.75) is 78.1 Å². The van der Waals surface area contributed by atoms with Gasteiger partial charge >= 0.3 is 26.2 Å². The maximum Gasteiger partial charge on any atom is 4.00 e. The summed E-state index contributed by atoms with van der Waals surface area (Å²) in [7, 11) is 0. The van der Waals surface area contributed by atoms with Crippen molar-refractivity contribution in [3.63, 3.8) is 0 Å². The van der Waals surface area contributed by atoms with Gasteiger partial charge in [0, 0.05) is 0 Å². The molecule has 0 fully saturated rings. The Balaban J connectivity index is -0.000000139. The molecule has 0 unspecified atom stereocenters. The molecular formula is C20H24F12O8Zr. The number of alkyl halides is 12. The molecule has 0 aliphatic heterocycles. The number of hydrogen-bond donors (Lipinski definition) is 4. The first-order valence-electron chi connectivity index (χ1n) is 10.2. The average Bonchev–Trinajstić information content (AvgIpc) is 2.65. The Labute approximate surface area is 244 Å². The Morgan fingerprint density at radius 1 is 0.415 bits per heavy atom. The molecule has 0 heterocycles. The molecule has 0 atom stereocenters. The molecule has 41 heavy (non-hydrogen) atoms. The molecule has 240 valence electrons. The van der Waals surface area contributed by atoms with Crippen LogP contribution in [0.15, 0.2) is 0 Å². The van der Waals surface area contributed by atoms with Gasteiger partial charge in [0.05, 0.1) is 0 Å². The normalized spacial score (nSPS) is 10.9. The van der Waals surface area contributed by atoms with Crippen LogP contribution in [0.25, 0.3) is 0 Å². The molecule has 0 saturated carbocycles. The Morgan fingerprint density at radius 3 is 0.512 bits per heavy atom. The first-order chi connectivity index (χ1) is 17.6. The molecule has 21 heteroatoms. The van der Waals surface area contributed by atoms with Crippen LogP contribution in [0.2, 0.25) is 0 Å². The fraction of sp³-hybridized carbons (Fsp3) is 0.600. The molecule has 4 N–H and O–H groups in total. The fourth-order valence-electron chi connectivity index (χ4n) is 1.89. The summed E-state index contributed by atoms with van der Waals surface area (Å²) >= 11 is 0. The van der Waals surface area contributed by atoms with Crippen LogP contribution in [-0.2, 0) is 45.4 Å². The summed E-state index contributed by atoms with van der Waals surface area (Å²) in [6.07, 6.45) is -20.8. The van der Waals surface area contributed by atoms with E-state index in [-0.39, 0.29) is 26.2 Å². The maximum absolute atomic E-state index is 11.6. The zero-order valence-corrected chi connectivity index (χ0v) is 23.7. The van der Waals surface area contributed by atoms with E-state index in [1.165, 1.54) is 0 Å². The third-order valence-electron chi connectivity index (χ3n) is 3.82. The molecule has 0 saturated heterocycles. The summed E-state index contributed by atoms with van der Waals surface area (Å²) in [5, 5.41) is 31.8. The van der Waals surface area contributed by atoms with E-state index in [9.17, 15) is 71.9 Å². The van der Waals surface area contributed by atoms with Crippen LogP contribution in [0.4, 0.5) is 52.7 Å². The SMILES string of the molecule is CC[C-](C(=O)O)C(F)(F)F.CC[C-](C(=O)O)C(F)(F)F.CC[C-](C(=O)O)C(F)(F)F.CC[C-](C(=O)O)C(F)(F)F.[Zr+4]. The monoisotopic (exact) mass is 710 g/mol. The number of carboxylic acids is 4. The molecule has 0 radical (unpaired) electrons. The summed E-state index contributed by atoms with van der Waals surface area (Å²) < 4.78 is 139. The third-order valence-corrected chi connectivity index (χ3v) is 3.82. The predicted molar refractivity (Wildman–Crippen MR) is 109 cm³/mol. The zero-order valence-electron chi connectivity index (χ0n) is 21.3. The quantitative estimate of drug-likeness (QED) is 0.166. The van der Waals surface area contributed by atoms with E-state index in [2.05, 4.69) is 0 Å². The molecular weight excluding hydrogens is 687 g/mol. The van der Waals surface area contributed by atoms with E-state index in [1.54, 1.807) is 0 Å². The van der Waals surface area contributed by atoms with Gasteiger partial charge in [-0.2, -0.15) is 49.4 Å². The van der Waals surface area contributed by atoms with Crippen LogP contribution in [0, 0.1) is 23.7 Å². The molecule has 0 rings (SSSR count). The minimum Gasteiger partial charge on any atom is -0.503 e. The summed E-state index contributed by atoms with van der Waals surface area (Å²) in [4.78, 5) is 39.3. The topological polar surface area (TPSA) is 149 Å². The van der Waals surface area contributed by atoms with Crippen LogP contribution in [0.1, 0.15) is 53.4 Å².